The number of carbonyl (C=O) groups is 1. The van der Waals surface area contributed by atoms with Crippen molar-refractivity contribution in [2.24, 2.45) is 11.3 Å². The van der Waals surface area contributed by atoms with Crippen molar-refractivity contribution in [3.05, 3.63) is 34.9 Å². The number of nitrogens with one attached hydrogen (secondary N) is 2. The van der Waals surface area contributed by atoms with Crippen molar-refractivity contribution in [2.75, 3.05) is 13.2 Å². The van der Waals surface area contributed by atoms with Crippen molar-refractivity contribution in [3.63, 3.8) is 0 Å². The molecule has 1 saturated heterocycles. The van der Waals surface area contributed by atoms with Gasteiger partial charge in [0.1, 0.15) is 0 Å². The Hall–Kier alpha value is -1.81. The number of alkyl halides is 6. The van der Waals surface area contributed by atoms with Crippen LogP contribution in [0.2, 0.25) is 0 Å². The van der Waals surface area contributed by atoms with E-state index in [1.165, 1.54) is 0 Å². The second-order valence-corrected chi connectivity index (χ2v) is 9.87. The second-order valence-electron chi connectivity index (χ2n) is 9.87. The van der Waals surface area contributed by atoms with Crippen LogP contribution in [0.5, 0.6) is 0 Å². The van der Waals surface area contributed by atoms with E-state index >= 15 is 0 Å². The highest BCUT2D eigenvalue weighted by Gasteiger charge is 2.52. The van der Waals surface area contributed by atoms with E-state index in [1.54, 1.807) is 0 Å². The maximum absolute atomic E-state index is 13.4. The van der Waals surface area contributed by atoms with Gasteiger partial charge in [-0.2, -0.15) is 26.3 Å². The fraction of sp³-hybridized carbons (Fsp3) is 0.708. The third-order valence-corrected chi connectivity index (χ3v) is 7.68. The predicted molar refractivity (Wildman–Crippen MR) is 113 cm³/mol. The molecule has 0 spiro atoms. The summed E-state index contributed by atoms with van der Waals surface area (Å²) in [5.74, 6) is -0.0688. The van der Waals surface area contributed by atoms with Gasteiger partial charge in [-0.25, -0.2) is 0 Å². The van der Waals surface area contributed by atoms with Crippen LogP contribution in [0.4, 0.5) is 26.3 Å². The maximum Gasteiger partial charge on any atom is 0.416 e. The largest absolute Gasteiger partial charge is 0.416 e. The Morgan fingerprint density at radius 2 is 1.53 bits per heavy atom. The number of halogens is 6. The zero-order valence-electron chi connectivity index (χ0n) is 18.8. The van der Waals surface area contributed by atoms with E-state index in [1.807, 2.05) is 0 Å². The zero-order valence-corrected chi connectivity index (χ0v) is 18.8. The molecule has 0 radical (unpaired) electrons. The number of hydrogen-bond acceptors (Lipinski definition) is 3. The summed E-state index contributed by atoms with van der Waals surface area (Å²) in [5.41, 5.74) is -3.59. The van der Waals surface area contributed by atoms with Gasteiger partial charge in [0, 0.05) is 31.8 Å². The molecular weight excluding hydrogens is 462 g/mol. The van der Waals surface area contributed by atoms with Crippen LogP contribution >= 0.6 is 0 Å². The molecule has 4 nitrogen and oxygen atoms in total. The Labute approximate surface area is 194 Å². The lowest BCUT2D eigenvalue weighted by molar-refractivity contribution is -0.143. The minimum Gasteiger partial charge on any atom is -0.381 e. The van der Waals surface area contributed by atoms with Crippen LogP contribution in [-0.2, 0) is 28.4 Å². The SMILES string of the molecule is O=C(NCc1cc(C(F)(F)F)cc(C(F)(F)F)c1)C1(C2CCC2)CCC(NC2CCOCC2)C1. The van der Waals surface area contributed by atoms with Gasteiger partial charge in [0.25, 0.3) is 0 Å². The summed E-state index contributed by atoms with van der Waals surface area (Å²) in [6.07, 6.45) is -3.02. The van der Waals surface area contributed by atoms with E-state index in [-0.39, 0.29) is 36.0 Å². The quantitative estimate of drug-likeness (QED) is 0.520. The van der Waals surface area contributed by atoms with E-state index in [0.29, 0.717) is 44.2 Å². The highest BCUT2D eigenvalue weighted by atomic mass is 19.4. The topological polar surface area (TPSA) is 50.4 Å². The van der Waals surface area contributed by atoms with Crippen LogP contribution < -0.4 is 10.6 Å². The molecule has 2 N–H and O–H groups in total. The van der Waals surface area contributed by atoms with E-state index < -0.39 is 28.9 Å². The van der Waals surface area contributed by atoms with E-state index in [2.05, 4.69) is 10.6 Å². The summed E-state index contributed by atoms with van der Waals surface area (Å²) in [7, 11) is 0. The van der Waals surface area contributed by atoms with Crippen molar-refractivity contribution < 1.29 is 35.9 Å². The first-order valence-electron chi connectivity index (χ1n) is 11.9. The van der Waals surface area contributed by atoms with Crippen LogP contribution in [0.15, 0.2) is 18.2 Å². The smallest absolute Gasteiger partial charge is 0.381 e. The Kier molecular flexibility index (Phi) is 7.20. The first-order chi connectivity index (χ1) is 16.0. The fourth-order valence-electron chi connectivity index (χ4n) is 5.62. The van der Waals surface area contributed by atoms with Gasteiger partial charge in [0.15, 0.2) is 0 Å². The molecular formula is C24H30F6N2O2. The van der Waals surface area contributed by atoms with E-state index in [9.17, 15) is 31.1 Å². The molecule has 2 saturated carbocycles. The lowest BCUT2D eigenvalue weighted by Gasteiger charge is -2.42. The molecule has 0 bridgehead atoms. The Morgan fingerprint density at radius 1 is 0.912 bits per heavy atom. The van der Waals surface area contributed by atoms with Crippen molar-refractivity contribution >= 4 is 5.91 Å². The highest BCUT2D eigenvalue weighted by Crippen LogP contribution is 2.52. The standard InChI is InChI=1S/C24H30F6N2O2/c25-23(26,27)17-10-15(11-18(12-17)24(28,29)30)14-31-21(33)22(16-2-1-3-16)7-4-20(13-22)32-19-5-8-34-9-6-19/h10-12,16,19-20,32H,1-9,13-14H2,(H,31,33). The molecule has 34 heavy (non-hydrogen) atoms. The zero-order chi connectivity index (χ0) is 24.6. The predicted octanol–water partition coefficient (Wildman–Crippen LogP) is 5.45. The van der Waals surface area contributed by atoms with Crippen LogP contribution in [-0.4, -0.2) is 31.2 Å². The lowest BCUT2D eigenvalue weighted by Crippen LogP contribution is -2.48. The number of carbonyl (C=O) groups excluding carboxylic acids is 1. The van der Waals surface area contributed by atoms with Gasteiger partial charge in [-0.15, -0.1) is 0 Å². The number of rotatable bonds is 6. The van der Waals surface area contributed by atoms with Crippen LogP contribution in [0.1, 0.15) is 68.1 Å². The molecule has 1 aliphatic heterocycles. The highest BCUT2D eigenvalue weighted by molar-refractivity contribution is 5.83. The lowest BCUT2D eigenvalue weighted by atomic mass is 9.63. The minimum atomic E-state index is -4.92. The molecule has 3 fully saturated rings. The summed E-state index contributed by atoms with van der Waals surface area (Å²) < 4.78 is 84.4. The average Bonchev–Trinajstić information content (AvgIpc) is 3.14. The molecule has 10 heteroatoms. The van der Waals surface area contributed by atoms with Crippen LogP contribution in [0.3, 0.4) is 0 Å². The van der Waals surface area contributed by atoms with E-state index in [0.717, 1.165) is 38.5 Å². The van der Waals surface area contributed by atoms with Gasteiger partial charge in [-0.05, 0) is 74.6 Å². The fourth-order valence-corrected chi connectivity index (χ4v) is 5.62. The molecule has 2 aliphatic carbocycles. The Balaban J connectivity index is 1.47. The minimum absolute atomic E-state index is 0.102. The Bertz CT molecular complexity index is 845. The molecule has 2 atom stereocenters. The van der Waals surface area contributed by atoms with Gasteiger partial charge in [-0.3, -0.25) is 4.79 Å². The third kappa shape index (κ3) is 5.53. The molecule has 190 valence electrons. The molecule has 3 aliphatic rings. The summed E-state index contributed by atoms with van der Waals surface area (Å²) in [6.45, 7) is 1.03. The monoisotopic (exact) mass is 492 g/mol. The maximum atomic E-state index is 13.4. The molecule has 4 rings (SSSR count). The van der Waals surface area contributed by atoms with Gasteiger partial charge in [-0.1, -0.05) is 6.42 Å². The molecule has 2 unspecified atom stereocenters. The van der Waals surface area contributed by atoms with E-state index in [4.69, 9.17) is 4.74 Å². The van der Waals surface area contributed by atoms with Crippen LogP contribution in [0, 0.1) is 11.3 Å². The van der Waals surface area contributed by atoms with Crippen LogP contribution in [0.25, 0.3) is 0 Å². The summed E-state index contributed by atoms with van der Waals surface area (Å²) in [4.78, 5) is 13.4. The number of ether oxygens (including phenoxy) is 1. The number of benzene rings is 1. The number of amides is 1. The molecule has 1 heterocycles. The second kappa shape index (κ2) is 9.68. The van der Waals surface area contributed by atoms with Crippen molar-refractivity contribution in [1.29, 1.82) is 0 Å². The summed E-state index contributed by atoms with van der Waals surface area (Å²) >= 11 is 0. The molecule has 0 aromatic heterocycles. The normalized spacial score (nSPS) is 26.9. The van der Waals surface area contributed by atoms with Gasteiger partial charge >= 0.3 is 12.4 Å². The molecule has 1 aromatic rings. The van der Waals surface area contributed by atoms with Crippen molar-refractivity contribution in [1.82, 2.24) is 10.6 Å². The van der Waals surface area contributed by atoms with Crippen molar-refractivity contribution in [3.8, 4) is 0 Å². The molecule has 1 aromatic carbocycles. The Morgan fingerprint density at radius 3 is 2.06 bits per heavy atom. The molecule has 1 amide bonds. The average molecular weight is 493 g/mol. The number of hydrogen-bond donors (Lipinski definition) is 2. The van der Waals surface area contributed by atoms with Gasteiger partial charge in [0.05, 0.1) is 16.5 Å². The summed E-state index contributed by atoms with van der Waals surface area (Å²) in [5, 5.41) is 6.33. The first kappa shape index (κ1) is 25.3. The van der Waals surface area contributed by atoms with Gasteiger partial charge < -0.3 is 15.4 Å². The third-order valence-electron chi connectivity index (χ3n) is 7.68. The van der Waals surface area contributed by atoms with Crippen molar-refractivity contribution in [2.45, 2.75) is 82.3 Å². The summed E-state index contributed by atoms with van der Waals surface area (Å²) in [6, 6.07) is 1.96. The first-order valence-corrected chi connectivity index (χ1v) is 11.9. The van der Waals surface area contributed by atoms with Gasteiger partial charge in [0.2, 0.25) is 5.91 Å².